The fourth-order valence-corrected chi connectivity index (χ4v) is 5.55. The van der Waals surface area contributed by atoms with Gasteiger partial charge in [-0.05, 0) is 24.9 Å². The van der Waals surface area contributed by atoms with Gasteiger partial charge in [0.05, 0.1) is 12.2 Å². The summed E-state index contributed by atoms with van der Waals surface area (Å²) >= 11 is 1.55. The van der Waals surface area contributed by atoms with Crippen LogP contribution in [0.1, 0.15) is 39.1 Å². The molecule has 2 aromatic rings. The smallest absolute Gasteiger partial charge is 0.412 e. The van der Waals surface area contributed by atoms with Crippen molar-refractivity contribution in [1.82, 2.24) is 14.3 Å². The maximum Gasteiger partial charge on any atom is 0.412 e. The first-order valence-electron chi connectivity index (χ1n) is 9.95. The van der Waals surface area contributed by atoms with E-state index in [1.54, 1.807) is 22.4 Å². The van der Waals surface area contributed by atoms with E-state index in [0.717, 1.165) is 4.83 Å². The van der Waals surface area contributed by atoms with Crippen molar-refractivity contribution in [2.75, 3.05) is 6.61 Å². The second-order valence-electron chi connectivity index (χ2n) is 8.80. The summed E-state index contributed by atoms with van der Waals surface area (Å²) in [5, 5.41) is 13.3. The van der Waals surface area contributed by atoms with Crippen molar-refractivity contribution in [3.63, 3.8) is 0 Å². The minimum absolute atomic E-state index is 0.0614. The normalized spacial score (nSPS) is 23.7. The molecule has 1 N–H and O–H groups in total. The van der Waals surface area contributed by atoms with Crippen LogP contribution in [0.15, 0.2) is 30.4 Å². The third-order valence-electron chi connectivity index (χ3n) is 5.35. The molecule has 0 radical (unpaired) electrons. The molecule has 29 heavy (non-hydrogen) atoms. The number of nitrogens with zero attached hydrogens (tertiary/aromatic N) is 3. The monoisotopic (exact) mass is 437 g/mol. The van der Waals surface area contributed by atoms with Gasteiger partial charge in [0.15, 0.2) is 9.04 Å². The Labute approximate surface area is 177 Å². The fraction of sp³-hybridized carbons (Fsp3) is 0.600. The summed E-state index contributed by atoms with van der Waals surface area (Å²) in [5.41, 5.74) is -0.107. The van der Waals surface area contributed by atoms with Gasteiger partial charge >= 0.3 is 6.09 Å². The summed E-state index contributed by atoms with van der Waals surface area (Å²) in [6, 6.07) is -0.486. The SMILES string of the molecule is C=CCOC(=O)N1C(O[SiH](C)C)[C@@H](C(C)(C)C)C[C@H]1C(O)c1ncc2sccn12. The van der Waals surface area contributed by atoms with E-state index in [1.807, 2.05) is 16.0 Å². The fourth-order valence-electron chi connectivity index (χ4n) is 3.97. The van der Waals surface area contributed by atoms with Gasteiger partial charge < -0.3 is 14.3 Å². The summed E-state index contributed by atoms with van der Waals surface area (Å²) in [5.74, 6) is 0.592. The molecule has 0 aromatic carbocycles. The van der Waals surface area contributed by atoms with Gasteiger partial charge in [-0.3, -0.25) is 9.30 Å². The lowest BCUT2D eigenvalue weighted by molar-refractivity contribution is -0.0308. The number of likely N-dealkylation sites (tertiary alicyclic amines) is 1. The molecule has 3 heterocycles. The maximum absolute atomic E-state index is 13.0. The molecule has 0 spiro atoms. The van der Waals surface area contributed by atoms with E-state index in [2.05, 4.69) is 45.4 Å². The van der Waals surface area contributed by atoms with Crippen molar-refractivity contribution < 1.29 is 19.1 Å². The van der Waals surface area contributed by atoms with Crippen molar-refractivity contribution in [3.8, 4) is 0 Å². The summed E-state index contributed by atoms with van der Waals surface area (Å²) in [7, 11) is -1.46. The van der Waals surface area contributed by atoms with Crippen LogP contribution >= 0.6 is 11.3 Å². The predicted octanol–water partition coefficient (Wildman–Crippen LogP) is 3.81. The van der Waals surface area contributed by atoms with E-state index in [1.165, 1.54) is 6.08 Å². The maximum atomic E-state index is 13.0. The van der Waals surface area contributed by atoms with Crippen molar-refractivity contribution in [1.29, 1.82) is 0 Å². The third-order valence-corrected chi connectivity index (χ3v) is 6.97. The minimum atomic E-state index is -1.46. The molecule has 0 bridgehead atoms. The molecule has 1 saturated heterocycles. The number of rotatable bonds is 6. The molecule has 1 fully saturated rings. The van der Waals surface area contributed by atoms with Crippen LogP contribution in [0, 0.1) is 11.3 Å². The molecule has 3 rings (SSSR count). The van der Waals surface area contributed by atoms with Gasteiger partial charge in [0.25, 0.3) is 0 Å². The van der Waals surface area contributed by atoms with Crippen molar-refractivity contribution in [2.24, 2.45) is 11.3 Å². The molecule has 2 unspecified atom stereocenters. The number of amides is 1. The Hall–Kier alpha value is -1.68. The highest BCUT2D eigenvalue weighted by Crippen LogP contribution is 2.45. The Morgan fingerprint density at radius 1 is 1.52 bits per heavy atom. The lowest BCUT2D eigenvalue weighted by Crippen LogP contribution is -2.48. The van der Waals surface area contributed by atoms with Crippen LogP contribution in [0.25, 0.3) is 4.83 Å². The Kier molecular flexibility index (Phi) is 6.52. The quantitative estimate of drug-likeness (QED) is 0.549. The molecule has 160 valence electrons. The van der Waals surface area contributed by atoms with E-state index >= 15 is 0 Å². The summed E-state index contributed by atoms with van der Waals surface area (Å²) in [6.07, 6.45) is 3.91. The Morgan fingerprint density at radius 2 is 2.24 bits per heavy atom. The molecule has 9 heteroatoms. The summed E-state index contributed by atoms with van der Waals surface area (Å²) in [4.78, 5) is 20.0. The highest BCUT2D eigenvalue weighted by molar-refractivity contribution is 7.15. The number of hydrogen-bond donors (Lipinski definition) is 1. The molecule has 1 amide bonds. The van der Waals surface area contributed by atoms with Crippen molar-refractivity contribution in [3.05, 3.63) is 36.3 Å². The average molecular weight is 438 g/mol. The summed E-state index contributed by atoms with van der Waals surface area (Å²) in [6.45, 7) is 14.3. The lowest BCUT2D eigenvalue weighted by Gasteiger charge is -2.36. The zero-order valence-corrected chi connectivity index (χ0v) is 19.7. The Morgan fingerprint density at radius 3 is 2.86 bits per heavy atom. The standard InChI is InChI=1S/C20H31N3O4SSi/c1-7-9-26-19(25)23-14(11-13(20(2,3)4)18(23)27-29(5)6)16(24)17-21-12-15-22(17)8-10-28-15/h7-8,10,12-14,16,18,24,29H,1,9,11H2,2-6H3/t13-,14-,16?,18?/m0/s1. The van der Waals surface area contributed by atoms with Crippen molar-refractivity contribution in [2.45, 2.75) is 58.7 Å². The predicted molar refractivity (Wildman–Crippen MR) is 117 cm³/mol. The molecule has 7 nitrogen and oxygen atoms in total. The number of aliphatic hydroxyl groups is 1. The van der Waals surface area contributed by atoms with Gasteiger partial charge in [-0.2, -0.15) is 0 Å². The van der Waals surface area contributed by atoms with Crippen LogP contribution in [-0.2, 0) is 9.16 Å². The van der Waals surface area contributed by atoms with Crippen LogP contribution in [0.3, 0.4) is 0 Å². The number of aromatic nitrogens is 2. The first-order chi connectivity index (χ1) is 13.6. The molecule has 1 aliphatic heterocycles. The number of aliphatic hydroxyl groups excluding tert-OH is 1. The van der Waals surface area contributed by atoms with Gasteiger partial charge in [0.1, 0.15) is 29.6 Å². The van der Waals surface area contributed by atoms with Crippen molar-refractivity contribution >= 4 is 31.3 Å². The van der Waals surface area contributed by atoms with Gasteiger partial charge in [0.2, 0.25) is 0 Å². The number of imidazole rings is 1. The van der Waals surface area contributed by atoms with E-state index in [4.69, 9.17) is 9.16 Å². The zero-order chi connectivity index (χ0) is 21.3. The van der Waals surface area contributed by atoms with Gasteiger partial charge in [-0.15, -0.1) is 11.3 Å². The van der Waals surface area contributed by atoms with E-state index in [-0.39, 0.29) is 17.9 Å². The first-order valence-corrected chi connectivity index (χ1v) is 13.6. The second-order valence-corrected chi connectivity index (χ2v) is 12.1. The lowest BCUT2D eigenvalue weighted by atomic mass is 9.78. The first kappa shape index (κ1) is 22.0. The molecular formula is C20H31N3O4SSi. The van der Waals surface area contributed by atoms with Crippen LogP contribution in [0.4, 0.5) is 4.79 Å². The average Bonchev–Trinajstić information content (AvgIpc) is 3.31. The van der Waals surface area contributed by atoms with Gasteiger partial charge in [-0.1, -0.05) is 33.4 Å². The molecule has 1 aliphatic rings. The van der Waals surface area contributed by atoms with Gasteiger partial charge in [-0.25, -0.2) is 9.78 Å². The molecular weight excluding hydrogens is 406 g/mol. The highest BCUT2D eigenvalue weighted by atomic mass is 32.1. The molecule has 0 aliphatic carbocycles. The van der Waals surface area contributed by atoms with Crippen LogP contribution in [0.5, 0.6) is 0 Å². The number of fused-ring (bicyclic) bond motifs is 1. The van der Waals surface area contributed by atoms with Crippen LogP contribution in [-0.4, -0.2) is 53.4 Å². The number of thiazole rings is 1. The van der Waals surface area contributed by atoms with Crippen LogP contribution < -0.4 is 0 Å². The minimum Gasteiger partial charge on any atom is -0.445 e. The third kappa shape index (κ3) is 4.42. The van der Waals surface area contributed by atoms with E-state index in [0.29, 0.717) is 12.2 Å². The largest absolute Gasteiger partial charge is 0.445 e. The van der Waals surface area contributed by atoms with E-state index < -0.39 is 33.5 Å². The Balaban J connectivity index is 2.00. The van der Waals surface area contributed by atoms with Gasteiger partial charge in [0, 0.05) is 17.5 Å². The number of carbonyl (C=O) groups excluding carboxylic acids is 1. The molecule has 0 saturated carbocycles. The highest BCUT2D eigenvalue weighted by Gasteiger charge is 2.52. The Bertz CT molecular complexity index is 859. The molecule has 2 aromatic heterocycles. The number of carbonyl (C=O) groups is 1. The topological polar surface area (TPSA) is 76.3 Å². The second kappa shape index (κ2) is 8.59. The number of hydrogen-bond acceptors (Lipinski definition) is 6. The van der Waals surface area contributed by atoms with Crippen LogP contribution in [0.2, 0.25) is 13.1 Å². The zero-order valence-electron chi connectivity index (χ0n) is 17.7. The summed E-state index contributed by atoms with van der Waals surface area (Å²) < 4.78 is 13.6. The van der Waals surface area contributed by atoms with E-state index in [9.17, 15) is 9.90 Å². The number of ether oxygens (including phenoxy) is 1. The molecule has 4 atom stereocenters.